The van der Waals surface area contributed by atoms with Crippen LogP contribution in [0.5, 0.6) is 0 Å². The SMILES string of the molecule is C#C[Si](C#C)(C#C)OC(C)C. The van der Waals surface area contributed by atoms with Gasteiger partial charge in [-0.15, -0.1) is 19.3 Å². The van der Waals surface area contributed by atoms with Crippen molar-refractivity contribution in [3.63, 3.8) is 0 Å². The molecule has 0 atom stereocenters. The summed E-state index contributed by atoms with van der Waals surface area (Å²) in [5.41, 5.74) is 7.17. The second-order valence-electron chi connectivity index (χ2n) is 2.28. The van der Waals surface area contributed by atoms with Gasteiger partial charge in [0.05, 0.1) is 0 Å². The van der Waals surface area contributed by atoms with Crippen LogP contribution in [-0.4, -0.2) is 14.4 Å². The summed E-state index contributed by atoms with van der Waals surface area (Å²) in [6, 6.07) is 0. The zero-order chi connectivity index (χ0) is 8.91. The first-order valence-corrected chi connectivity index (χ1v) is 5.12. The first kappa shape index (κ1) is 9.86. The minimum absolute atomic E-state index is 0.00943. The number of hydrogen-bond donors (Lipinski definition) is 0. The minimum atomic E-state index is -2.70. The molecule has 0 unspecified atom stereocenters. The van der Waals surface area contributed by atoms with Crippen molar-refractivity contribution < 1.29 is 4.43 Å². The van der Waals surface area contributed by atoms with Crippen LogP contribution in [0.1, 0.15) is 13.8 Å². The van der Waals surface area contributed by atoms with E-state index in [9.17, 15) is 0 Å². The number of rotatable bonds is 2. The van der Waals surface area contributed by atoms with E-state index in [0.717, 1.165) is 0 Å². The maximum Gasteiger partial charge on any atom is 0.436 e. The van der Waals surface area contributed by atoms with E-state index in [1.165, 1.54) is 0 Å². The molecule has 0 bridgehead atoms. The summed E-state index contributed by atoms with van der Waals surface area (Å²) in [7, 11) is -2.70. The monoisotopic (exact) mass is 162 g/mol. The number of hydrogen-bond acceptors (Lipinski definition) is 1. The van der Waals surface area contributed by atoms with Gasteiger partial charge in [-0.25, -0.2) is 0 Å². The Labute approximate surface area is 69.3 Å². The van der Waals surface area contributed by atoms with Crippen molar-refractivity contribution in [1.29, 1.82) is 0 Å². The Balaban J connectivity index is 4.54. The maximum absolute atomic E-state index is 5.32. The largest absolute Gasteiger partial charge is 0.436 e. The third-order valence-corrected chi connectivity index (χ3v) is 3.07. The molecule has 0 heterocycles. The van der Waals surface area contributed by atoms with Gasteiger partial charge in [-0.3, -0.25) is 0 Å². The molecule has 0 N–H and O–H groups in total. The molecule has 0 aliphatic carbocycles. The zero-order valence-electron chi connectivity index (χ0n) is 6.72. The van der Waals surface area contributed by atoms with Gasteiger partial charge in [-0.2, -0.15) is 0 Å². The van der Waals surface area contributed by atoms with Gasteiger partial charge >= 0.3 is 8.32 Å². The molecule has 2 heteroatoms. The van der Waals surface area contributed by atoms with E-state index >= 15 is 0 Å². The van der Waals surface area contributed by atoms with Crippen molar-refractivity contribution in [2.45, 2.75) is 20.0 Å². The van der Waals surface area contributed by atoms with E-state index < -0.39 is 8.32 Å². The predicted octanol–water partition coefficient (Wildman–Crippen LogP) is 0.874. The Bertz CT molecular complexity index is 210. The highest BCUT2D eigenvalue weighted by atomic mass is 28.4. The Morgan fingerprint density at radius 2 is 1.45 bits per heavy atom. The van der Waals surface area contributed by atoms with Gasteiger partial charge in [-0.05, 0) is 13.8 Å². The summed E-state index contributed by atoms with van der Waals surface area (Å²) in [4.78, 5) is 0. The topological polar surface area (TPSA) is 9.23 Å². The highest BCUT2D eigenvalue weighted by molar-refractivity contribution is 6.95. The van der Waals surface area contributed by atoms with Crippen molar-refractivity contribution in [3.05, 3.63) is 0 Å². The van der Waals surface area contributed by atoms with E-state index in [4.69, 9.17) is 23.7 Å². The molecule has 11 heavy (non-hydrogen) atoms. The molecule has 0 radical (unpaired) electrons. The molecule has 1 nitrogen and oxygen atoms in total. The molecule has 0 amide bonds. The average Bonchev–Trinajstić information content (AvgIpc) is 2.00. The van der Waals surface area contributed by atoms with E-state index in [2.05, 4.69) is 16.6 Å². The summed E-state index contributed by atoms with van der Waals surface area (Å²) in [5.74, 6) is 0. The zero-order valence-corrected chi connectivity index (χ0v) is 7.72. The lowest BCUT2D eigenvalue weighted by atomic mass is 10.5. The second kappa shape index (κ2) is 3.89. The maximum atomic E-state index is 5.32. The molecular weight excluding hydrogens is 152 g/mol. The van der Waals surface area contributed by atoms with Crippen LogP contribution >= 0.6 is 0 Å². The fourth-order valence-corrected chi connectivity index (χ4v) is 1.74. The second-order valence-corrected chi connectivity index (χ2v) is 4.74. The van der Waals surface area contributed by atoms with Gasteiger partial charge in [0.1, 0.15) is 0 Å². The van der Waals surface area contributed by atoms with Crippen molar-refractivity contribution in [2.24, 2.45) is 0 Å². The van der Waals surface area contributed by atoms with Crippen molar-refractivity contribution in [1.82, 2.24) is 0 Å². The standard InChI is InChI=1S/C9H10OSi/c1-6-11(7-2,8-3)10-9(4)5/h1-3,9H,4-5H3. The fraction of sp³-hybridized carbons (Fsp3) is 0.333. The van der Waals surface area contributed by atoms with Gasteiger partial charge in [0.15, 0.2) is 0 Å². The van der Waals surface area contributed by atoms with Crippen LogP contribution in [0.3, 0.4) is 0 Å². The summed E-state index contributed by atoms with van der Waals surface area (Å²) in [6.45, 7) is 3.71. The van der Waals surface area contributed by atoms with Gasteiger partial charge in [0.2, 0.25) is 0 Å². The van der Waals surface area contributed by atoms with E-state index in [1.807, 2.05) is 13.8 Å². The third kappa shape index (κ3) is 2.52. The third-order valence-electron chi connectivity index (χ3n) is 1.02. The lowest BCUT2D eigenvalue weighted by Crippen LogP contribution is -2.37. The first-order valence-electron chi connectivity index (χ1n) is 3.21. The van der Waals surface area contributed by atoms with E-state index in [-0.39, 0.29) is 6.10 Å². The van der Waals surface area contributed by atoms with Crippen molar-refractivity contribution in [2.75, 3.05) is 0 Å². The molecule has 0 aliphatic heterocycles. The first-order chi connectivity index (χ1) is 5.10. The van der Waals surface area contributed by atoms with Crippen LogP contribution in [0.25, 0.3) is 0 Å². The highest BCUT2D eigenvalue weighted by Crippen LogP contribution is 2.04. The summed E-state index contributed by atoms with van der Waals surface area (Å²) >= 11 is 0. The average molecular weight is 162 g/mol. The molecule has 0 aromatic heterocycles. The smallest absolute Gasteiger partial charge is 0.385 e. The van der Waals surface area contributed by atoms with E-state index in [1.54, 1.807) is 0 Å². The molecule has 0 rings (SSSR count). The van der Waals surface area contributed by atoms with Crippen molar-refractivity contribution >= 4 is 8.32 Å². The van der Waals surface area contributed by atoms with Crippen LogP contribution in [0.15, 0.2) is 0 Å². The van der Waals surface area contributed by atoms with Crippen LogP contribution in [0.2, 0.25) is 0 Å². The lowest BCUT2D eigenvalue weighted by molar-refractivity contribution is 0.246. The van der Waals surface area contributed by atoms with E-state index in [0.29, 0.717) is 0 Å². The summed E-state index contributed by atoms with van der Waals surface area (Å²) < 4.78 is 5.32. The van der Waals surface area contributed by atoms with Gasteiger partial charge < -0.3 is 4.43 Å². The van der Waals surface area contributed by atoms with Crippen LogP contribution < -0.4 is 0 Å². The molecule has 0 fully saturated rings. The lowest BCUT2D eigenvalue weighted by Gasteiger charge is -2.15. The molecule has 0 aliphatic rings. The normalized spacial score (nSPS) is 9.82. The summed E-state index contributed by atoms with van der Waals surface area (Å²) in [6.07, 6.45) is 15.5. The fourth-order valence-electron chi connectivity index (χ4n) is 0.581. The van der Waals surface area contributed by atoms with Gasteiger partial charge in [0, 0.05) is 6.10 Å². The van der Waals surface area contributed by atoms with Crippen LogP contribution in [0.4, 0.5) is 0 Å². The Hall–Kier alpha value is -1.14. The Morgan fingerprint density at radius 1 is 1.09 bits per heavy atom. The highest BCUT2D eigenvalue weighted by Gasteiger charge is 2.30. The molecule has 0 aromatic carbocycles. The quantitative estimate of drug-likeness (QED) is 0.432. The van der Waals surface area contributed by atoms with Crippen LogP contribution in [0, 0.1) is 35.9 Å². The molecule has 0 saturated carbocycles. The Morgan fingerprint density at radius 3 is 1.55 bits per heavy atom. The van der Waals surface area contributed by atoms with Gasteiger partial charge in [-0.1, -0.05) is 16.6 Å². The number of terminal acetylenes is 3. The molecular formula is C9H10OSi. The molecule has 0 spiro atoms. The van der Waals surface area contributed by atoms with Crippen molar-refractivity contribution in [3.8, 4) is 35.9 Å². The predicted molar refractivity (Wildman–Crippen MR) is 48.5 cm³/mol. The molecule has 0 saturated heterocycles. The molecule has 56 valence electrons. The van der Waals surface area contributed by atoms with Crippen LogP contribution in [-0.2, 0) is 4.43 Å². The Kier molecular flexibility index (Phi) is 3.48. The van der Waals surface area contributed by atoms with Gasteiger partial charge in [0.25, 0.3) is 0 Å². The summed E-state index contributed by atoms with van der Waals surface area (Å²) in [5, 5.41) is 0. The molecule has 0 aromatic rings. The minimum Gasteiger partial charge on any atom is -0.385 e.